The van der Waals surface area contributed by atoms with Crippen LogP contribution in [0, 0.1) is 0 Å². The van der Waals surface area contributed by atoms with Crippen molar-refractivity contribution >= 4 is 35.8 Å². The molecular formula is C20H33IN4O3. The fourth-order valence-corrected chi connectivity index (χ4v) is 3.02. The lowest BCUT2D eigenvalue weighted by molar-refractivity contribution is -0.120. The normalized spacial score (nSPS) is 14.6. The molecule has 158 valence electrons. The molecule has 0 spiro atoms. The van der Waals surface area contributed by atoms with E-state index in [2.05, 4.69) is 20.9 Å². The average Bonchev–Trinajstić information content (AvgIpc) is 2.70. The first-order chi connectivity index (χ1) is 13.2. The van der Waals surface area contributed by atoms with E-state index in [1.54, 1.807) is 7.11 Å². The molecule has 0 unspecified atom stereocenters. The Labute approximate surface area is 185 Å². The highest BCUT2D eigenvalue weighted by atomic mass is 127. The van der Waals surface area contributed by atoms with Crippen LogP contribution in [0.1, 0.15) is 39.0 Å². The molecule has 0 atom stereocenters. The summed E-state index contributed by atoms with van der Waals surface area (Å²) in [6.07, 6.45) is 5.84. The number of carbonyl (C=O) groups is 1. The number of nitrogens with one attached hydrogen (secondary N) is 3. The van der Waals surface area contributed by atoms with Crippen LogP contribution >= 0.6 is 24.0 Å². The molecule has 3 N–H and O–H groups in total. The first-order valence-electron chi connectivity index (χ1n) is 9.79. The Balaban J connectivity index is 0.00000392. The lowest BCUT2D eigenvalue weighted by Gasteiger charge is -2.22. The SMILES string of the molecule is CCNC(=NCC(=O)NC1CCCCC1)NCCOc1ccc(OC)cc1.I. The smallest absolute Gasteiger partial charge is 0.242 e. The summed E-state index contributed by atoms with van der Waals surface area (Å²) in [5.41, 5.74) is 0. The number of halogens is 1. The lowest BCUT2D eigenvalue weighted by Crippen LogP contribution is -2.41. The number of benzene rings is 1. The van der Waals surface area contributed by atoms with E-state index >= 15 is 0 Å². The van der Waals surface area contributed by atoms with E-state index in [0.29, 0.717) is 25.2 Å². The van der Waals surface area contributed by atoms with Gasteiger partial charge in [0.15, 0.2) is 5.96 Å². The van der Waals surface area contributed by atoms with E-state index in [1.165, 1.54) is 19.3 Å². The van der Waals surface area contributed by atoms with Gasteiger partial charge in [-0.25, -0.2) is 4.99 Å². The first kappa shape index (κ1) is 24.3. The van der Waals surface area contributed by atoms with Gasteiger partial charge in [-0.3, -0.25) is 4.79 Å². The molecule has 1 saturated carbocycles. The molecule has 2 rings (SSSR count). The van der Waals surface area contributed by atoms with Crippen molar-refractivity contribution in [3.63, 3.8) is 0 Å². The number of aliphatic imine (C=N–C) groups is 1. The predicted molar refractivity (Wildman–Crippen MR) is 123 cm³/mol. The first-order valence-corrected chi connectivity index (χ1v) is 9.79. The van der Waals surface area contributed by atoms with E-state index in [9.17, 15) is 4.79 Å². The van der Waals surface area contributed by atoms with Crippen molar-refractivity contribution in [2.24, 2.45) is 4.99 Å². The van der Waals surface area contributed by atoms with Crippen LogP contribution in [-0.2, 0) is 4.79 Å². The highest BCUT2D eigenvalue weighted by Gasteiger charge is 2.15. The minimum atomic E-state index is -0.0198. The molecule has 1 aromatic rings. The zero-order chi connectivity index (χ0) is 19.3. The summed E-state index contributed by atoms with van der Waals surface area (Å²) in [6.45, 7) is 3.93. The zero-order valence-electron chi connectivity index (χ0n) is 16.8. The number of amides is 1. The summed E-state index contributed by atoms with van der Waals surface area (Å²) in [5, 5.41) is 9.40. The quantitative estimate of drug-likeness (QED) is 0.209. The van der Waals surface area contributed by atoms with Crippen LogP contribution in [0.25, 0.3) is 0 Å². The monoisotopic (exact) mass is 504 g/mol. The van der Waals surface area contributed by atoms with Gasteiger partial charge in [0.05, 0.1) is 13.7 Å². The highest BCUT2D eigenvalue weighted by Crippen LogP contribution is 2.17. The lowest BCUT2D eigenvalue weighted by atomic mass is 9.95. The minimum absolute atomic E-state index is 0. The summed E-state index contributed by atoms with van der Waals surface area (Å²) in [7, 11) is 1.64. The van der Waals surface area contributed by atoms with Gasteiger partial charge in [0.25, 0.3) is 0 Å². The van der Waals surface area contributed by atoms with E-state index in [4.69, 9.17) is 9.47 Å². The van der Waals surface area contributed by atoms with E-state index < -0.39 is 0 Å². The number of nitrogens with zero attached hydrogens (tertiary/aromatic N) is 1. The number of guanidine groups is 1. The molecule has 0 aliphatic heterocycles. The molecule has 1 aliphatic rings. The third-order valence-electron chi connectivity index (χ3n) is 4.42. The molecule has 0 radical (unpaired) electrons. The van der Waals surface area contributed by atoms with Crippen molar-refractivity contribution in [1.29, 1.82) is 0 Å². The van der Waals surface area contributed by atoms with Crippen LogP contribution < -0.4 is 25.4 Å². The number of rotatable bonds is 9. The molecule has 0 aromatic heterocycles. The van der Waals surface area contributed by atoms with Gasteiger partial charge in [-0.1, -0.05) is 19.3 Å². The van der Waals surface area contributed by atoms with Crippen LogP contribution in [0.3, 0.4) is 0 Å². The molecular weight excluding hydrogens is 471 g/mol. The van der Waals surface area contributed by atoms with Crippen LogP contribution in [0.5, 0.6) is 11.5 Å². The Morgan fingerprint density at radius 1 is 1.11 bits per heavy atom. The van der Waals surface area contributed by atoms with Crippen LogP contribution in [0.15, 0.2) is 29.3 Å². The Hall–Kier alpha value is -1.71. The second kappa shape index (κ2) is 14.3. The molecule has 1 aromatic carbocycles. The molecule has 28 heavy (non-hydrogen) atoms. The third kappa shape index (κ3) is 9.48. The number of ether oxygens (including phenoxy) is 2. The predicted octanol–water partition coefficient (Wildman–Crippen LogP) is 2.70. The van der Waals surface area contributed by atoms with Gasteiger partial charge >= 0.3 is 0 Å². The fraction of sp³-hybridized carbons (Fsp3) is 0.600. The highest BCUT2D eigenvalue weighted by molar-refractivity contribution is 14.0. The number of hydrogen-bond donors (Lipinski definition) is 3. The van der Waals surface area contributed by atoms with Gasteiger partial charge in [-0.05, 0) is 44.0 Å². The summed E-state index contributed by atoms with van der Waals surface area (Å²) < 4.78 is 10.8. The van der Waals surface area contributed by atoms with E-state index in [-0.39, 0.29) is 36.4 Å². The van der Waals surface area contributed by atoms with Crippen LogP contribution in [-0.4, -0.2) is 51.3 Å². The van der Waals surface area contributed by atoms with Gasteiger partial charge in [-0.2, -0.15) is 0 Å². The standard InChI is InChI=1S/C20H32N4O3.HI/c1-3-21-20(23-15-19(25)24-16-7-5-4-6-8-16)22-13-14-27-18-11-9-17(26-2)10-12-18;/h9-12,16H,3-8,13-15H2,1-2H3,(H,24,25)(H2,21,22,23);1H. The molecule has 7 nitrogen and oxygen atoms in total. The number of hydrogen-bond acceptors (Lipinski definition) is 4. The number of methoxy groups -OCH3 is 1. The Morgan fingerprint density at radius 2 is 1.79 bits per heavy atom. The average molecular weight is 504 g/mol. The maximum Gasteiger partial charge on any atom is 0.242 e. The molecule has 0 saturated heterocycles. The molecule has 1 amide bonds. The molecule has 0 bridgehead atoms. The van der Waals surface area contributed by atoms with Gasteiger partial charge < -0.3 is 25.4 Å². The number of carbonyl (C=O) groups excluding carboxylic acids is 1. The minimum Gasteiger partial charge on any atom is -0.497 e. The third-order valence-corrected chi connectivity index (χ3v) is 4.42. The van der Waals surface area contributed by atoms with Crippen molar-refractivity contribution in [2.45, 2.75) is 45.1 Å². The van der Waals surface area contributed by atoms with Crippen LogP contribution in [0.2, 0.25) is 0 Å². The van der Waals surface area contributed by atoms with Crippen molar-refractivity contribution in [3.8, 4) is 11.5 Å². The summed E-state index contributed by atoms with van der Waals surface area (Å²) in [4.78, 5) is 16.4. The van der Waals surface area contributed by atoms with Gasteiger partial charge in [0.1, 0.15) is 24.7 Å². The Bertz CT molecular complexity index is 590. The molecule has 0 heterocycles. The maximum absolute atomic E-state index is 12.1. The van der Waals surface area contributed by atoms with Crippen molar-refractivity contribution in [2.75, 3.05) is 33.4 Å². The van der Waals surface area contributed by atoms with E-state index in [1.807, 2.05) is 31.2 Å². The van der Waals surface area contributed by atoms with Gasteiger partial charge in [0, 0.05) is 12.6 Å². The van der Waals surface area contributed by atoms with E-state index in [0.717, 1.165) is 30.9 Å². The Kier molecular flexibility index (Phi) is 12.4. The molecule has 1 aliphatic carbocycles. The zero-order valence-corrected chi connectivity index (χ0v) is 19.2. The fourth-order valence-electron chi connectivity index (χ4n) is 3.02. The van der Waals surface area contributed by atoms with Gasteiger partial charge in [-0.15, -0.1) is 24.0 Å². The van der Waals surface area contributed by atoms with Crippen LogP contribution in [0.4, 0.5) is 0 Å². The van der Waals surface area contributed by atoms with Crippen molar-refractivity contribution in [3.05, 3.63) is 24.3 Å². The molecule has 1 fully saturated rings. The Morgan fingerprint density at radius 3 is 2.43 bits per heavy atom. The molecule has 8 heteroatoms. The van der Waals surface area contributed by atoms with Crippen molar-refractivity contribution < 1.29 is 14.3 Å². The maximum atomic E-state index is 12.1. The largest absolute Gasteiger partial charge is 0.497 e. The topological polar surface area (TPSA) is 84.0 Å². The van der Waals surface area contributed by atoms with Gasteiger partial charge in [0.2, 0.25) is 5.91 Å². The second-order valence-corrected chi connectivity index (χ2v) is 6.55. The summed E-state index contributed by atoms with van der Waals surface area (Å²) in [5.74, 6) is 2.18. The summed E-state index contributed by atoms with van der Waals surface area (Å²) in [6, 6.07) is 7.77. The summed E-state index contributed by atoms with van der Waals surface area (Å²) >= 11 is 0. The van der Waals surface area contributed by atoms with Crippen molar-refractivity contribution in [1.82, 2.24) is 16.0 Å². The second-order valence-electron chi connectivity index (χ2n) is 6.55.